The number of hydrogen-bond donors (Lipinski definition) is 3. The average molecular weight is 312 g/mol. The van der Waals surface area contributed by atoms with Crippen LogP contribution in [-0.2, 0) is 11.3 Å². The zero-order chi connectivity index (χ0) is 16.7. The first-order valence-electron chi connectivity index (χ1n) is 6.98. The Labute approximate surface area is 133 Å². The van der Waals surface area contributed by atoms with E-state index in [1.807, 2.05) is 0 Å². The molecular formula is C17H16N2O4. The second-order valence-electron chi connectivity index (χ2n) is 4.83. The predicted molar refractivity (Wildman–Crippen MR) is 84.0 cm³/mol. The van der Waals surface area contributed by atoms with Gasteiger partial charge in [-0.15, -0.1) is 0 Å². The summed E-state index contributed by atoms with van der Waals surface area (Å²) in [5.74, 6) is -1.70. The molecule has 0 radical (unpaired) electrons. The molecule has 0 unspecified atom stereocenters. The average Bonchev–Trinajstić information content (AvgIpc) is 2.58. The van der Waals surface area contributed by atoms with Gasteiger partial charge in [-0.25, -0.2) is 4.79 Å². The van der Waals surface area contributed by atoms with Crippen molar-refractivity contribution in [1.82, 2.24) is 10.6 Å². The van der Waals surface area contributed by atoms with Crippen molar-refractivity contribution in [2.24, 2.45) is 0 Å². The third-order valence-corrected chi connectivity index (χ3v) is 3.11. The van der Waals surface area contributed by atoms with Crippen LogP contribution in [0, 0.1) is 0 Å². The lowest BCUT2D eigenvalue weighted by atomic mass is 10.1. The largest absolute Gasteiger partial charge is 0.478 e. The Morgan fingerprint density at radius 3 is 2.26 bits per heavy atom. The number of rotatable bonds is 6. The fourth-order valence-corrected chi connectivity index (χ4v) is 1.93. The number of aromatic carboxylic acids is 1. The molecule has 2 aromatic rings. The number of carboxylic acid groups (broad SMARTS) is 1. The maximum absolute atomic E-state index is 11.8. The molecule has 6 heteroatoms. The van der Waals surface area contributed by atoms with Crippen molar-refractivity contribution in [3.8, 4) is 0 Å². The molecule has 2 rings (SSSR count). The summed E-state index contributed by atoms with van der Waals surface area (Å²) < 4.78 is 0. The number of carbonyl (C=O) groups is 3. The normalized spacial score (nSPS) is 9.91. The molecule has 0 aliphatic heterocycles. The van der Waals surface area contributed by atoms with Gasteiger partial charge in [-0.2, -0.15) is 0 Å². The fraction of sp³-hybridized carbons (Fsp3) is 0.118. The molecule has 0 saturated heterocycles. The van der Waals surface area contributed by atoms with Crippen molar-refractivity contribution in [3.05, 3.63) is 71.3 Å². The van der Waals surface area contributed by atoms with Crippen LogP contribution in [0.15, 0.2) is 54.6 Å². The minimum atomic E-state index is -1.02. The van der Waals surface area contributed by atoms with Crippen LogP contribution in [0.4, 0.5) is 0 Å². The fourth-order valence-electron chi connectivity index (χ4n) is 1.93. The van der Waals surface area contributed by atoms with Crippen LogP contribution in [-0.4, -0.2) is 29.4 Å². The monoisotopic (exact) mass is 312 g/mol. The molecule has 0 aliphatic rings. The van der Waals surface area contributed by atoms with Gasteiger partial charge >= 0.3 is 5.97 Å². The lowest BCUT2D eigenvalue weighted by molar-refractivity contribution is -0.120. The molecule has 118 valence electrons. The van der Waals surface area contributed by atoms with E-state index in [0.29, 0.717) is 11.1 Å². The molecule has 0 spiro atoms. The molecule has 0 aromatic heterocycles. The Kier molecular flexibility index (Phi) is 5.46. The molecule has 0 bridgehead atoms. The Bertz CT molecular complexity index is 714. The topological polar surface area (TPSA) is 95.5 Å². The molecule has 0 atom stereocenters. The molecule has 3 N–H and O–H groups in total. The van der Waals surface area contributed by atoms with Crippen molar-refractivity contribution < 1.29 is 19.5 Å². The summed E-state index contributed by atoms with van der Waals surface area (Å²) in [5.41, 5.74) is 1.32. The van der Waals surface area contributed by atoms with E-state index in [0.717, 1.165) is 0 Å². The molecule has 23 heavy (non-hydrogen) atoms. The van der Waals surface area contributed by atoms with E-state index >= 15 is 0 Å². The van der Waals surface area contributed by atoms with E-state index in [2.05, 4.69) is 10.6 Å². The Hall–Kier alpha value is -3.15. The summed E-state index contributed by atoms with van der Waals surface area (Å²) in [4.78, 5) is 34.4. The number of benzene rings is 2. The van der Waals surface area contributed by atoms with E-state index in [9.17, 15) is 14.4 Å². The number of nitrogens with one attached hydrogen (secondary N) is 2. The van der Waals surface area contributed by atoms with E-state index in [1.54, 1.807) is 42.5 Å². The number of hydrogen-bond acceptors (Lipinski definition) is 3. The van der Waals surface area contributed by atoms with E-state index in [-0.39, 0.29) is 30.5 Å². The molecule has 0 heterocycles. The molecular weight excluding hydrogens is 296 g/mol. The van der Waals surface area contributed by atoms with E-state index < -0.39 is 5.97 Å². The quantitative estimate of drug-likeness (QED) is 0.752. The van der Waals surface area contributed by atoms with Crippen molar-refractivity contribution in [3.63, 3.8) is 0 Å². The van der Waals surface area contributed by atoms with Gasteiger partial charge in [0.25, 0.3) is 5.91 Å². The summed E-state index contributed by atoms with van der Waals surface area (Å²) in [6, 6.07) is 14.9. The highest BCUT2D eigenvalue weighted by Crippen LogP contribution is 2.05. The minimum Gasteiger partial charge on any atom is -0.478 e. The number of carboxylic acids is 1. The second-order valence-corrected chi connectivity index (χ2v) is 4.83. The Balaban J connectivity index is 1.80. The Morgan fingerprint density at radius 2 is 1.57 bits per heavy atom. The SMILES string of the molecule is O=C(CNC(=O)c1ccccc1)NCc1cccc(C(=O)O)c1. The molecule has 6 nitrogen and oxygen atoms in total. The zero-order valence-corrected chi connectivity index (χ0v) is 12.3. The first-order valence-corrected chi connectivity index (χ1v) is 6.98. The van der Waals surface area contributed by atoms with Gasteiger partial charge in [-0.1, -0.05) is 30.3 Å². The van der Waals surface area contributed by atoms with Gasteiger partial charge in [0, 0.05) is 12.1 Å². The lowest BCUT2D eigenvalue weighted by Crippen LogP contribution is -2.36. The second kappa shape index (κ2) is 7.74. The van der Waals surface area contributed by atoms with Gasteiger partial charge in [0.2, 0.25) is 5.91 Å². The minimum absolute atomic E-state index is 0.146. The van der Waals surface area contributed by atoms with E-state index in [4.69, 9.17) is 5.11 Å². The Morgan fingerprint density at radius 1 is 0.870 bits per heavy atom. The van der Waals surface area contributed by atoms with Crippen molar-refractivity contribution in [2.75, 3.05) is 6.54 Å². The summed E-state index contributed by atoms with van der Waals surface area (Å²) in [6.07, 6.45) is 0. The zero-order valence-electron chi connectivity index (χ0n) is 12.3. The highest BCUT2D eigenvalue weighted by atomic mass is 16.4. The van der Waals surface area contributed by atoms with Gasteiger partial charge in [0.1, 0.15) is 0 Å². The maximum atomic E-state index is 11.8. The lowest BCUT2D eigenvalue weighted by Gasteiger charge is -2.07. The number of carbonyl (C=O) groups excluding carboxylic acids is 2. The van der Waals surface area contributed by atoms with Crippen LogP contribution < -0.4 is 10.6 Å². The van der Waals surface area contributed by atoms with E-state index in [1.165, 1.54) is 12.1 Å². The van der Waals surface area contributed by atoms with Crippen LogP contribution >= 0.6 is 0 Å². The predicted octanol–water partition coefficient (Wildman–Crippen LogP) is 1.43. The smallest absolute Gasteiger partial charge is 0.335 e. The molecule has 2 amide bonds. The first-order chi connectivity index (χ1) is 11.1. The van der Waals surface area contributed by atoms with Gasteiger partial charge < -0.3 is 15.7 Å². The molecule has 0 aliphatic carbocycles. The summed E-state index contributed by atoms with van der Waals surface area (Å²) in [7, 11) is 0. The number of amides is 2. The van der Waals surface area contributed by atoms with Gasteiger partial charge in [0.15, 0.2) is 0 Å². The third kappa shape index (κ3) is 4.96. The van der Waals surface area contributed by atoms with Gasteiger partial charge in [-0.3, -0.25) is 9.59 Å². The first kappa shape index (κ1) is 16.2. The van der Waals surface area contributed by atoms with Crippen molar-refractivity contribution in [1.29, 1.82) is 0 Å². The molecule has 2 aromatic carbocycles. The van der Waals surface area contributed by atoms with Crippen molar-refractivity contribution >= 4 is 17.8 Å². The van der Waals surface area contributed by atoms with Crippen LogP contribution in [0.5, 0.6) is 0 Å². The molecule has 0 fully saturated rings. The van der Waals surface area contributed by atoms with Crippen LogP contribution in [0.25, 0.3) is 0 Å². The van der Waals surface area contributed by atoms with Crippen molar-refractivity contribution in [2.45, 2.75) is 6.54 Å². The summed E-state index contributed by atoms with van der Waals surface area (Å²) in [5, 5.41) is 14.1. The summed E-state index contributed by atoms with van der Waals surface area (Å²) in [6.45, 7) is 0.0491. The van der Waals surface area contributed by atoms with Crippen LogP contribution in [0.2, 0.25) is 0 Å². The highest BCUT2D eigenvalue weighted by molar-refractivity contribution is 5.96. The molecule has 0 saturated carbocycles. The summed E-state index contributed by atoms with van der Waals surface area (Å²) >= 11 is 0. The highest BCUT2D eigenvalue weighted by Gasteiger charge is 2.08. The van der Waals surface area contributed by atoms with Crippen LogP contribution in [0.3, 0.4) is 0 Å². The third-order valence-electron chi connectivity index (χ3n) is 3.11. The van der Waals surface area contributed by atoms with Crippen LogP contribution in [0.1, 0.15) is 26.3 Å². The van der Waals surface area contributed by atoms with Gasteiger partial charge in [-0.05, 0) is 29.8 Å². The maximum Gasteiger partial charge on any atom is 0.335 e. The standard InChI is InChI=1S/C17H16N2O4/c20-15(11-19-16(21)13-6-2-1-3-7-13)18-10-12-5-4-8-14(9-12)17(22)23/h1-9H,10-11H2,(H,18,20)(H,19,21)(H,22,23). The van der Waals surface area contributed by atoms with Gasteiger partial charge in [0.05, 0.1) is 12.1 Å².